The third kappa shape index (κ3) is 1.43. The average Bonchev–Trinajstić information content (AvgIpc) is 2.58. The molecule has 0 radical (unpaired) electrons. The fraction of sp³-hybridized carbons (Fsp3) is 0.800. The molecule has 2 nitrogen and oxygen atoms in total. The molecule has 2 saturated carbocycles. The third-order valence-corrected chi connectivity index (χ3v) is 3.23. The summed E-state index contributed by atoms with van der Waals surface area (Å²) in [6, 6.07) is 0. The molecule has 2 atom stereocenters. The van der Waals surface area contributed by atoms with Crippen molar-refractivity contribution >= 4 is 11.6 Å². The lowest BCUT2D eigenvalue weighted by Crippen LogP contribution is -2.08. The molecule has 0 aromatic heterocycles. The van der Waals surface area contributed by atoms with Crippen LogP contribution in [0, 0.1) is 11.8 Å². The minimum atomic E-state index is 0.402. The van der Waals surface area contributed by atoms with Gasteiger partial charge in [-0.25, -0.2) is 0 Å². The van der Waals surface area contributed by atoms with Crippen LogP contribution in [0.1, 0.15) is 38.5 Å². The van der Waals surface area contributed by atoms with Gasteiger partial charge in [0.25, 0.3) is 0 Å². The lowest BCUT2D eigenvalue weighted by atomic mass is 9.90. The topological polar surface area (TPSA) is 34.1 Å². The van der Waals surface area contributed by atoms with Crippen LogP contribution in [0.25, 0.3) is 0 Å². The molecule has 0 bridgehead atoms. The van der Waals surface area contributed by atoms with Gasteiger partial charge in [0.2, 0.25) is 0 Å². The summed E-state index contributed by atoms with van der Waals surface area (Å²) in [5, 5.41) is 0. The molecule has 0 aromatic rings. The summed E-state index contributed by atoms with van der Waals surface area (Å²) in [7, 11) is 0. The molecule has 12 heavy (non-hydrogen) atoms. The van der Waals surface area contributed by atoms with Gasteiger partial charge in [-0.05, 0) is 24.7 Å². The van der Waals surface area contributed by atoms with Crippen molar-refractivity contribution < 1.29 is 9.59 Å². The summed E-state index contributed by atoms with van der Waals surface area (Å²) >= 11 is 0. The zero-order valence-electron chi connectivity index (χ0n) is 7.21. The minimum absolute atomic E-state index is 0.402. The Morgan fingerprint density at radius 2 is 1.25 bits per heavy atom. The monoisotopic (exact) mass is 166 g/mol. The van der Waals surface area contributed by atoms with Crippen molar-refractivity contribution in [2.24, 2.45) is 11.8 Å². The number of Topliss-reactive ketones (excluding diaryl/α,β-unsaturated/α-hetero) is 2. The lowest BCUT2D eigenvalue weighted by Gasteiger charge is -2.14. The molecule has 2 aliphatic rings. The molecule has 66 valence electrons. The Morgan fingerprint density at radius 1 is 0.833 bits per heavy atom. The van der Waals surface area contributed by atoms with Crippen LogP contribution in [-0.4, -0.2) is 11.6 Å². The quantitative estimate of drug-likeness (QED) is 0.594. The van der Waals surface area contributed by atoms with Gasteiger partial charge in [-0.2, -0.15) is 0 Å². The van der Waals surface area contributed by atoms with Crippen molar-refractivity contribution in [3.8, 4) is 0 Å². The van der Waals surface area contributed by atoms with Gasteiger partial charge in [0.1, 0.15) is 11.6 Å². The highest BCUT2D eigenvalue weighted by Crippen LogP contribution is 2.37. The van der Waals surface area contributed by atoms with Crippen LogP contribution >= 0.6 is 0 Å². The van der Waals surface area contributed by atoms with Crippen LogP contribution in [0.5, 0.6) is 0 Å². The fourth-order valence-electron chi connectivity index (χ4n) is 2.49. The Morgan fingerprint density at radius 3 is 1.50 bits per heavy atom. The molecule has 2 rings (SSSR count). The number of ketones is 2. The van der Waals surface area contributed by atoms with Crippen LogP contribution in [0.15, 0.2) is 0 Å². The van der Waals surface area contributed by atoms with E-state index in [2.05, 4.69) is 0 Å². The summed E-state index contributed by atoms with van der Waals surface area (Å²) < 4.78 is 0. The van der Waals surface area contributed by atoms with Gasteiger partial charge in [-0.15, -0.1) is 0 Å². The standard InChI is InChI=1S/C10H14O2/c11-9-3-1-7(5-9)8-2-4-10(12)6-8/h7-8H,1-6H2/t7-,8-/m1/s1. The van der Waals surface area contributed by atoms with Gasteiger partial charge in [-0.3, -0.25) is 9.59 Å². The maximum atomic E-state index is 11.0. The predicted octanol–water partition coefficient (Wildman–Crippen LogP) is 1.72. The van der Waals surface area contributed by atoms with E-state index in [1.807, 2.05) is 0 Å². The van der Waals surface area contributed by atoms with Crippen LogP contribution < -0.4 is 0 Å². The van der Waals surface area contributed by atoms with E-state index in [1.54, 1.807) is 0 Å². The van der Waals surface area contributed by atoms with Crippen molar-refractivity contribution in [1.29, 1.82) is 0 Å². The first kappa shape index (κ1) is 7.96. The van der Waals surface area contributed by atoms with Crippen molar-refractivity contribution in [1.82, 2.24) is 0 Å². The highest BCUT2D eigenvalue weighted by atomic mass is 16.1. The molecule has 2 aliphatic carbocycles. The number of rotatable bonds is 1. The molecule has 2 heteroatoms. The zero-order valence-corrected chi connectivity index (χ0v) is 7.21. The van der Waals surface area contributed by atoms with Crippen molar-refractivity contribution in [3.63, 3.8) is 0 Å². The van der Waals surface area contributed by atoms with Crippen LogP contribution in [-0.2, 0) is 9.59 Å². The summed E-state index contributed by atoms with van der Waals surface area (Å²) in [5.41, 5.74) is 0. The molecular weight excluding hydrogens is 152 g/mol. The van der Waals surface area contributed by atoms with E-state index in [0.717, 1.165) is 38.5 Å². The van der Waals surface area contributed by atoms with Gasteiger partial charge in [0, 0.05) is 25.7 Å². The smallest absolute Gasteiger partial charge is 0.133 e. The van der Waals surface area contributed by atoms with Gasteiger partial charge in [-0.1, -0.05) is 0 Å². The average molecular weight is 166 g/mol. The van der Waals surface area contributed by atoms with Crippen molar-refractivity contribution in [3.05, 3.63) is 0 Å². The largest absolute Gasteiger partial charge is 0.300 e. The van der Waals surface area contributed by atoms with E-state index in [0.29, 0.717) is 23.4 Å². The molecule has 0 heterocycles. The van der Waals surface area contributed by atoms with Crippen LogP contribution in [0.4, 0.5) is 0 Å². The first-order valence-electron chi connectivity index (χ1n) is 4.79. The molecule has 0 amide bonds. The van der Waals surface area contributed by atoms with Gasteiger partial charge < -0.3 is 0 Å². The second-order valence-corrected chi connectivity index (χ2v) is 4.08. The molecule has 0 aliphatic heterocycles. The molecular formula is C10H14O2. The Hall–Kier alpha value is -0.660. The second kappa shape index (κ2) is 3.00. The number of hydrogen-bond donors (Lipinski definition) is 0. The van der Waals surface area contributed by atoms with Crippen LogP contribution in [0.2, 0.25) is 0 Å². The molecule has 0 N–H and O–H groups in total. The number of carbonyl (C=O) groups excluding carboxylic acids is 2. The summed E-state index contributed by atoms with van der Waals surface area (Å²) in [6.45, 7) is 0. The fourth-order valence-corrected chi connectivity index (χ4v) is 2.49. The van der Waals surface area contributed by atoms with E-state index in [9.17, 15) is 9.59 Å². The highest BCUT2D eigenvalue weighted by molar-refractivity contribution is 5.82. The van der Waals surface area contributed by atoms with E-state index in [-0.39, 0.29) is 0 Å². The summed E-state index contributed by atoms with van der Waals surface area (Å²) in [4.78, 5) is 22.0. The second-order valence-electron chi connectivity index (χ2n) is 4.08. The Kier molecular flexibility index (Phi) is 1.99. The summed E-state index contributed by atoms with van der Waals surface area (Å²) in [5.74, 6) is 1.89. The maximum absolute atomic E-state index is 11.0. The Balaban J connectivity index is 1.93. The first-order chi connectivity index (χ1) is 5.75. The Bertz CT molecular complexity index is 196. The zero-order chi connectivity index (χ0) is 8.55. The van der Waals surface area contributed by atoms with Gasteiger partial charge in [0.15, 0.2) is 0 Å². The van der Waals surface area contributed by atoms with Gasteiger partial charge >= 0.3 is 0 Å². The Labute approximate surface area is 72.3 Å². The van der Waals surface area contributed by atoms with E-state index in [4.69, 9.17) is 0 Å². The first-order valence-corrected chi connectivity index (χ1v) is 4.79. The molecule has 0 spiro atoms. The van der Waals surface area contributed by atoms with Crippen molar-refractivity contribution in [2.75, 3.05) is 0 Å². The lowest BCUT2D eigenvalue weighted by molar-refractivity contribution is -0.119. The molecule has 0 saturated heterocycles. The van der Waals surface area contributed by atoms with E-state index < -0.39 is 0 Å². The van der Waals surface area contributed by atoms with Crippen molar-refractivity contribution in [2.45, 2.75) is 38.5 Å². The molecule has 0 unspecified atom stereocenters. The van der Waals surface area contributed by atoms with Crippen LogP contribution in [0.3, 0.4) is 0 Å². The summed E-state index contributed by atoms with van der Waals surface area (Å²) in [6.07, 6.45) is 5.09. The van der Waals surface area contributed by atoms with E-state index in [1.165, 1.54) is 0 Å². The molecule has 2 fully saturated rings. The van der Waals surface area contributed by atoms with Gasteiger partial charge in [0.05, 0.1) is 0 Å². The third-order valence-electron chi connectivity index (χ3n) is 3.23. The predicted molar refractivity (Wildman–Crippen MR) is 44.7 cm³/mol. The van der Waals surface area contributed by atoms with E-state index >= 15 is 0 Å². The normalized spacial score (nSPS) is 36.3. The highest BCUT2D eigenvalue weighted by Gasteiger charge is 2.33. The molecule has 0 aromatic carbocycles. The number of hydrogen-bond acceptors (Lipinski definition) is 2. The minimum Gasteiger partial charge on any atom is -0.300 e. The SMILES string of the molecule is O=C1CC[C@@H]([C@@H]2CCC(=O)C2)C1. The number of carbonyl (C=O) groups is 2. The maximum Gasteiger partial charge on any atom is 0.133 e.